The molecule has 8 heavy (non-hydrogen) atoms. The van der Waals surface area contributed by atoms with E-state index in [0.717, 1.165) is 6.42 Å². The smallest absolute Gasteiger partial charge is 0.0924 e. The normalized spacial score (nSPS) is 39.8. The molecule has 0 aromatic rings. The van der Waals surface area contributed by atoms with Crippen LogP contribution in [0.5, 0.6) is 0 Å². The van der Waals surface area contributed by atoms with Crippen molar-refractivity contribution in [3.8, 4) is 0 Å². The number of rotatable bonds is 0. The van der Waals surface area contributed by atoms with Crippen molar-refractivity contribution in [2.45, 2.75) is 18.6 Å². The summed E-state index contributed by atoms with van der Waals surface area (Å²) in [6.45, 7) is 1.10. The maximum atomic E-state index is 8.93. The van der Waals surface area contributed by atoms with E-state index in [1.54, 1.807) is 0 Å². The van der Waals surface area contributed by atoms with Crippen molar-refractivity contribution < 1.29 is 9.84 Å². The lowest BCUT2D eigenvalue weighted by Gasteiger charge is -2.23. The second-order valence-corrected chi connectivity index (χ2v) is 2.09. The fourth-order valence-corrected chi connectivity index (χ4v) is 0.739. The van der Waals surface area contributed by atoms with E-state index >= 15 is 0 Å². The van der Waals surface area contributed by atoms with Crippen molar-refractivity contribution in [3.05, 3.63) is 0 Å². The Labute approximate surface area is 48.4 Å². The van der Waals surface area contributed by atoms with Crippen molar-refractivity contribution in [1.29, 1.82) is 0 Å². The van der Waals surface area contributed by atoms with Gasteiger partial charge in [0.25, 0.3) is 0 Å². The van der Waals surface area contributed by atoms with Gasteiger partial charge in [0.2, 0.25) is 0 Å². The van der Waals surface area contributed by atoms with Gasteiger partial charge >= 0.3 is 0 Å². The predicted octanol–water partition coefficient (Wildman–Crippen LogP) is -0.905. The molecule has 48 valence electrons. The molecule has 0 saturated carbocycles. The van der Waals surface area contributed by atoms with E-state index in [0.29, 0.717) is 13.2 Å². The number of hydrogen-bond acceptors (Lipinski definition) is 3. The highest BCUT2D eigenvalue weighted by atomic mass is 16.5. The van der Waals surface area contributed by atoms with Crippen LogP contribution in [0.2, 0.25) is 0 Å². The molecule has 0 radical (unpaired) electrons. The van der Waals surface area contributed by atoms with Crippen LogP contribution in [0.15, 0.2) is 0 Å². The van der Waals surface area contributed by atoms with E-state index in [1.807, 2.05) is 0 Å². The van der Waals surface area contributed by atoms with Crippen molar-refractivity contribution in [1.82, 2.24) is 0 Å². The average molecular weight is 117 g/mol. The second-order valence-electron chi connectivity index (χ2n) is 2.09. The van der Waals surface area contributed by atoms with Gasteiger partial charge in [-0.2, -0.15) is 0 Å². The van der Waals surface area contributed by atoms with Crippen LogP contribution in [0.3, 0.4) is 0 Å². The van der Waals surface area contributed by atoms with Gasteiger partial charge in [-0.05, 0) is 6.42 Å². The fourth-order valence-electron chi connectivity index (χ4n) is 0.739. The SMILES string of the molecule is N[C@H]1CCOC[C@H]1O. The molecule has 0 aromatic carbocycles. The standard InChI is InChI=1S/C5H11NO2/c6-4-1-2-8-3-5(4)7/h4-5,7H,1-3,6H2/t4-,5+/m0/s1. The third-order valence-corrected chi connectivity index (χ3v) is 1.38. The van der Waals surface area contributed by atoms with Crippen LogP contribution >= 0.6 is 0 Å². The first-order valence-corrected chi connectivity index (χ1v) is 2.82. The van der Waals surface area contributed by atoms with Crippen molar-refractivity contribution in [2.75, 3.05) is 13.2 Å². The van der Waals surface area contributed by atoms with Gasteiger partial charge in [-0.1, -0.05) is 0 Å². The van der Waals surface area contributed by atoms with Crippen LogP contribution in [0.1, 0.15) is 6.42 Å². The molecule has 0 spiro atoms. The maximum Gasteiger partial charge on any atom is 0.0924 e. The van der Waals surface area contributed by atoms with Gasteiger partial charge in [-0.3, -0.25) is 0 Å². The molecule has 1 aliphatic heterocycles. The van der Waals surface area contributed by atoms with Gasteiger partial charge in [-0.15, -0.1) is 0 Å². The van der Waals surface area contributed by atoms with Crippen molar-refractivity contribution >= 4 is 0 Å². The van der Waals surface area contributed by atoms with Crippen LogP contribution in [-0.2, 0) is 4.74 Å². The number of nitrogens with two attached hydrogens (primary N) is 1. The summed E-state index contributed by atoms with van der Waals surface area (Å²) in [5, 5.41) is 8.93. The minimum atomic E-state index is -0.441. The molecule has 1 fully saturated rings. The summed E-state index contributed by atoms with van der Waals surface area (Å²) in [6, 6.07) is -0.0660. The zero-order chi connectivity index (χ0) is 5.98. The predicted molar refractivity (Wildman–Crippen MR) is 29.4 cm³/mol. The Hall–Kier alpha value is -0.120. The van der Waals surface area contributed by atoms with Crippen LogP contribution in [0.25, 0.3) is 0 Å². The minimum absolute atomic E-state index is 0.0660. The monoisotopic (exact) mass is 117 g/mol. The number of hydrogen-bond donors (Lipinski definition) is 2. The number of aliphatic hydroxyl groups excluding tert-OH is 1. The molecular formula is C5H11NO2. The van der Waals surface area contributed by atoms with Gasteiger partial charge in [-0.25, -0.2) is 0 Å². The summed E-state index contributed by atoms with van der Waals surface area (Å²) in [4.78, 5) is 0. The molecule has 1 heterocycles. The Balaban J connectivity index is 2.28. The maximum absolute atomic E-state index is 8.93. The summed E-state index contributed by atoms with van der Waals surface area (Å²) < 4.78 is 4.92. The first kappa shape index (κ1) is 6.01. The fraction of sp³-hybridized carbons (Fsp3) is 1.00. The minimum Gasteiger partial charge on any atom is -0.389 e. The quantitative estimate of drug-likeness (QED) is 0.432. The summed E-state index contributed by atoms with van der Waals surface area (Å²) >= 11 is 0. The molecule has 2 atom stereocenters. The zero-order valence-corrected chi connectivity index (χ0v) is 4.71. The van der Waals surface area contributed by atoms with Gasteiger partial charge < -0.3 is 15.6 Å². The molecule has 1 aliphatic rings. The van der Waals surface area contributed by atoms with E-state index in [2.05, 4.69) is 0 Å². The molecule has 1 saturated heterocycles. The van der Waals surface area contributed by atoms with Crippen LogP contribution in [0.4, 0.5) is 0 Å². The first-order chi connectivity index (χ1) is 3.80. The van der Waals surface area contributed by atoms with Crippen molar-refractivity contribution in [2.24, 2.45) is 5.73 Å². The lowest BCUT2D eigenvalue weighted by Crippen LogP contribution is -2.42. The highest BCUT2D eigenvalue weighted by Crippen LogP contribution is 2.03. The van der Waals surface area contributed by atoms with E-state index in [4.69, 9.17) is 15.6 Å². The van der Waals surface area contributed by atoms with Crippen LogP contribution in [0, 0.1) is 0 Å². The molecule has 0 aliphatic carbocycles. The van der Waals surface area contributed by atoms with Gasteiger partial charge in [0.05, 0.1) is 12.7 Å². The van der Waals surface area contributed by atoms with E-state index < -0.39 is 6.10 Å². The Kier molecular flexibility index (Phi) is 1.83. The van der Waals surface area contributed by atoms with Crippen molar-refractivity contribution in [3.63, 3.8) is 0 Å². The molecule has 0 amide bonds. The third kappa shape index (κ3) is 1.18. The van der Waals surface area contributed by atoms with Crippen LogP contribution < -0.4 is 5.73 Å². The van der Waals surface area contributed by atoms with Gasteiger partial charge in [0.15, 0.2) is 0 Å². The first-order valence-electron chi connectivity index (χ1n) is 2.82. The summed E-state index contributed by atoms with van der Waals surface area (Å²) in [7, 11) is 0. The summed E-state index contributed by atoms with van der Waals surface area (Å²) in [6.07, 6.45) is 0.338. The third-order valence-electron chi connectivity index (χ3n) is 1.38. The van der Waals surface area contributed by atoms with Gasteiger partial charge in [0.1, 0.15) is 0 Å². The molecule has 0 unspecified atom stereocenters. The molecular weight excluding hydrogens is 106 g/mol. The highest BCUT2D eigenvalue weighted by Gasteiger charge is 2.18. The Morgan fingerprint density at radius 2 is 2.38 bits per heavy atom. The highest BCUT2D eigenvalue weighted by molar-refractivity contribution is 4.74. The zero-order valence-electron chi connectivity index (χ0n) is 4.71. The Morgan fingerprint density at radius 1 is 1.62 bits per heavy atom. The van der Waals surface area contributed by atoms with E-state index in [9.17, 15) is 0 Å². The Morgan fingerprint density at radius 3 is 2.75 bits per heavy atom. The second kappa shape index (κ2) is 2.44. The topological polar surface area (TPSA) is 55.5 Å². The molecule has 3 nitrogen and oxygen atoms in total. The average Bonchev–Trinajstić information content (AvgIpc) is 1.77. The van der Waals surface area contributed by atoms with E-state index in [-0.39, 0.29) is 6.04 Å². The van der Waals surface area contributed by atoms with Gasteiger partial charge in [0, 0.05) is 12.6 Å². The molecule has 0 bridgehead atoms. The largest absolute Gasteiger partial charge is 0.389 e. The molecule has 3 heteroatoms. The van der Waals surface area contributed by atoms with E-state index in [1.165, 1.54) is 0 Å². The number of aliphatic hydroxyl groups is 1. The summed E-state index contributed by atoms with van der Waals surface area (Å²) in [5.41, 5.74) is 5.45. The molecule has 0 aromatic heterocycles. The lowest BCUT2D eigenvalue weighted by atomic mass is 10.1. The van der Waals surface area contributed by atoms with Crippen LogP contribution in [-0.4, -0.2) is 30.5 Å². The summed E-state index contributed by atoms with van der Waals surface area (Å²) in [5.74, 6) is 0. The Bertz CT molecular complexity index is 66.8. The molecule has 1 rings (SSSR count). The molecule has 3 N–H and O–H groups in total. The number of ether oxygens (including phenoxy) is 1. The lowest BCUT2D eigenvalue weighted by molar-refractivity contribution is -0.0182.